The van der Waals surface area contributed by atoms with Crippen LogP contribution in [-0.2, 0) is 16.2 Å². The third-order valence-corrected chi connectivity index (χ3v) is 5.30. The number of carbonyl (C=O) groups excluding carboxylic acids is 1. The van der Waals surface area contributed by atoms with Crippen LogP contribution in [0, 0.1) is 13.8 Å². The third kappa shape index (κ3) is 4.27. The number of rotatable bonds is 6. The average molecular weight is 440 g/mol. The summed E-state index contributed by atoms with van der Waals surface area (Å²) in [7, 11) is 0. The molecule has 1 amide bonds. The van der Waals surface area contributed by atoms with E-state index in [0.29, 0.717) is 24.5 Å². The molecule has 2 aromatic rings. The van der Waals surface area contributed by atoms with E-state index in [1.165, 1.54) is 0 Å². The maximum Gasteiger partial charge on any atom is 0.264 e. The number of hydrogen-bond donors (Lipinski definition) is 1. The standard InChI is InChI=1S/C18H20BrClN4O2/c1-11-17(20)12(2)24(22-11)8-4-7-21-18(25)16-10-15(23-26-16)13-5-3-6-14(19)9-13/h3,5-6,9,16H,4,7-8,10H2,1-2H3,(H,21,25). The number of benzene rings is 1. The summed E-state index contributed by atoms with van der Waals surface area (Å²) < 4.78 is 2.83. The number of nitrogens with one attached hydrogen (secondary N) is 1. The molecule has 1 unspecified atom stereocenters. The first-order valence-corrected chi connectivity index (χ1v) is 9.58. The topological polar surface area (TPSA) is 68.5 Å². The minimum Gasteiger partial charge on any atom is -0.382 e. The Balaban J connectivity index is 1.44. The van der Waals surface area contributed by atoms with Crippen molar-refractivity contribution in [2.75, 3.05) is 6.54 Å². The van der Waals surface area contributed by atoms with Crippen LogP contribution in [0.2, 0.25) is 5.02 Å². The van der Waals surface area contributed by atoms with Crippen molar-refractivity contribution in [1.82, 2.24) is 15.1 Å². The molecule has 0 radical (unpaired) electrons. The van der Waals surface area contributed by atoms with Gasteiger partial charge in [-0.05, 0) is 32.4 Å². The van der Waals surface area contributed by atoms with Crippen LogP contribution in [0.4, 0.5) is 0 Å². The zero-order chi connectivity index (χ0) is 18.7. The van der Waals surface area contributed by atoms with E-state index in [4.69, 9.17) is 16.4 Å². The number of hydrogen-bond acceptors (Lipinski definition) is 4. The van der Waals surface area contributed by atoms with Crippen molar-refractivity contribution in [2.45, 2.75) is 39.3 Å². The molecule has 0 saturated carbocycles. The lowest BCUT2D eigenvalue weighted by molar-refractivity contribution is -0.131. The second kappa shape index (κ2) is 8.22. The molecule has 0 aliphatic carbocycles. The molecule has 1 aromatic carbocycles. The Labute approximate surface area is 165 Å². The summed E-state index contributed by atoms with van der Waals surface area (Å²) in [6.45, 7) is 5.06. The molecule has 6 nitrogen and oxygen atoms in total. The molecular formula is C18H20BrClN4O2. The molecule has 3 rings (SSSR count). The summed E-state index contributed by atoms with van der Waals surface area (Å²) in [4.78, 5) is 17.6. The lowest BCUT2D eigenvalue weighted by atomic mass is 10.0. The monoisotopic (exact) mass is 438 g/mol. The summed E-state index contributed by atoms with van der Waals surface area (Å²) in [6.07, 6.45) is 0.651. The fraction of sp³-hybridized carbons (Fsp3) is 0.389. The Morgan fingerprint density at radius 1 is 1.46 bits per heavy atom. The van der Waals surface area contributed by atoms with Gasteiger partial charge < -0.3 is 10.2 Å². The highest BCUT2D eigenvalue weighted by molar-refractivity contribution is 9.10. The van der Waals surface area contributed by atoms with E-state index in [1.807, 2.05) is 42.8 Å². The van der Waals surface area contributed by atoms with Crippen LogP contribution >= 0.6 is 27.5 Å². The minimum atomic E-state index is -0.577. The number of aryl methyl sites for hydroxylation is 2. The summed E-state index contributed by atoms with van der Waals surface area (Å²) in [5, 5.41) is 12.0. The number of halogens is 2. The van der Waals surface area contributed by atoms with Crippen LogP contribution in [0.15, 0.2) is 33.9 Å². The molecule has 1 atom stereocenters. The van der Waals surface area contributed by atoms with E-state index in [1.54, 1.807) is 0 Å². The van der Waals surface area contributed by atoms with Crippen LogP contribution in [0.5, 0.6) is 0 Å². The van der Waals surface area contributed by atoms with Crippen LogP contribution in [0.25, 0.3) is 0 Å². The van der Waals surface area contributed by atoms with Crippen molar-refractivity contribution in [3.05, 3.63) is 50.7 Å². The van der Waals surface area contributed by atoms with Crippen LogP contribution in [0.1, 0.15) is 29.8 Å². The lowest BCUT2D eigenvalue weighted by Crippen LogP contribution is -2.35. The largest absolute Gasteiger partial charge is 0.382 e. The summed E-state index contributed by atoms with van der Waals surface area (Å²) in [5.74, 6) is -0.148. The summed E-state index contributed by atoms with van der Waals surface area (Å²) in [5.41, 5.74) is 3.51. The number of carbonyl (C=O) groups is 1. The molecule has 8 heteroatoms. The van der Waals surface area contributed by atoms with Crippen molar-refractivity contribution in [2.24, 2.45) is 5.16 Å². The number of nitrogens with zero attached hydrogens (tertiary/aromatic N) is 3. The predicted molar refractivity (Wildman–Crippen MR) is 105 cm³/mol. The molecule has 1 N–H and O–H groups in total. The van der Waals surface area contributed by atoms with Gasteiger partial charge >= 0.3 is 0 Å². The van der Waals surface area contributed by atoms with E-state index in [2.05, 4.69) is 31.5 Å². The second-order valence-electron chi connectivity index (χ2n) is 6.20. The van der Waals surface area contributed by atoms with Gasteiger partial charge in [-0.3, -0.25) is 9.48 Å². The number of aromatic nitrogens is 2. The third-order valence-electron chi connectivity index (χ3n) is 4.26. The molecule has 1 aliphatic heterocycles. The molecule has 0 spiro atoms. The van der Waals surface area contributed by atoms with E-state index < -0.39 is 6.10 Å². The molecule has 2 heterocycles. The Bertz CT molecular complexity index is 850. The van der Waals surface area contributed by atoms with Crippen LogP contribution in [-0.4, -0.2) is 34.0 Å². The highest BCUT2D eigenvalue weighted by Gasteiger charge is 2.28. The number of amides is 1. The Morgan fingerprint density at radius 3 is 2.96 bits per heavy atom. The van der Waals surface area contributed by atoms with Gasteiger partial charge in [-0.2, -0.15) is 5.10 Å². The van der Waals surface area contributed by atoms with Crippen molar-refractivity contribution in [3.8, 4) is 0 Å². The summed E-state index contributed by atoms with van der Waals surface area (Å²) >= 11 is 9.57. The second-order valence-corrected chi connectivity index (χ2v) is 7.49. The van der Waals surface area contributed by atoms with E-state index in [0.717, 1.165) is 33.6 Å². The molecule has 0 bridgehead atoms. The fourth-order valence-electron chi connectivity index (χ4n) is 2.80. The normalized spacial score (nSPS) is 16.3. The molecule has 26 heavy (non-hydrogen) atoms. The van der Waals surface area contributed by atoms with Gasteiger partial charge in [-0.1, -0.05) is 44.8 Å². The quantitative estimate of drug-likeness (QED) is 0.699. The average Bonchev–Trinajstić information content (AvgIpc) is 3.20. The highest BCUT2D eigenvalue weighted by atomic mass is 79.9. The predicted octanol–water partition coefficient (Wildman–Crippen LogP) is 3.62. The maximum absolute atomic E-state index is 12.3. The van der Waals surface area contributed by atoms with Gasteiger partial charge in [0.1, 0.15) is 0 Å². The van der Waals surface area contributed by atoms with Gasteiger partial charge in [-0.15, -0.1) is 0 Å². The first-order chi connectivity index (χ1) is 12.5. The Morgan fingerprint density at radius 2 is 2.27 bits per heavy atom. The van der Waals surface area contributed by atoms with E-state index in [-0.39, 0.29) is 5.91 Å². The van der Waals surface area contributed by atoms with Gasteiger partial charge in [0, 0.05) is 29.5 Å². The molecule has 0 saturated heterocycles. The van der Waals surface area contributed by atoms with Crippen LogP contribution < -0.4 is 5.32 Å². The lowest BCUT2D eigenvalue weighted by Gasteiger charge is -2.10. The van der Waals surface area contributed by atoms with Crippen LogP contribution in [0.3, 0.4) is 0 Å². The minimum absolute atomic E-state index is 0.148. The molecular weight excluding hydrogens is 420 g/mol. The molecule has 138 valence electrons. The van der Waals surface area contributed by atoms with Gasteiger partial charge in [0.05, 0.1) is 22.1 Å². The maximum atomic E-state index is 12.3. The Hall–Kier alpha value is -1.86. The van der Waals surface area contributed by atoms with Crippen molar-refractivity contribution in [3.63, 3.8) is 0 Å². The SMILES string of the molecule is Cc1nn(CCCNC(=O)C2CC(c3cccc(Br)c3)=NO2)c(C)c1Cl. The fourth-order valence-corrected chi connectivity index (χ4v) is 3.34. The van der Waals surface area contributed by atoms with Gasteiger partial charge in [0.2, 0.25) is 6.10 Å². The zero-order valence-corrected chi connectivity index (χ0v) is 17.0. The van der Waals surface area contributed by atoms with Crippen molar-refractivity contribution >= 4 is 39.1 Å². The Kier molecular flexibility index (Phi) is 5.98. The smallest absolute Gasteiger partial charge is 0.264 e. The van der Waals surface area contributed by atoms with Gasteiger partial charge in [-0.25, -0.2) is 0 Å². The molecule has 1 aromatic heterocycles. The number of oxime groups is 1. The zero-order valence-electron chi connectivity index (χ0n) is 14.6. The van der Waals surface area contributed by atoms with Crippen molar-refractivity contribution in [1.29, 1.82) is 0 Å². The first kappa shape index (κ1) is 18.9. The van der Waals surface area contributed by atoms with Gasteiger partial charge in [0.25, 0.3) is 5.91 Å². The molecule has 0 fully saturated rings. The highest BCUT2D eigenvalue weighted by Crippen LogP contribution is 2.20. The summed E-state index contributed by atoms with van der Waals surface area (Å²) in [6, 6.07) is 7.79. The van der Waals surface area contributed by atoms with E-state index in [9.17, 15) is 4.79 Å². The molecule has 1 aliphatic rings. The van der Waals surface area contributed by atoms with Gasteiger partial charge in [0.15, 0.2) is 0 Å². The first-order valence-electron chi connectivity index (χ1n) is 8.41. The van der Waals surface area contributed by atoms with Crippen molar-refractivity contribution < 1.29 is 9.63 Å². The van der Waals surface area contributed by atoms with E-state index >= 15 is 0 Å².